The van der Waals surface area contributed by atoms with Gasteiger partial charge in [-0.1, -0.05) is 0 Å². The molecular weight excluding hydrogens is 468 g/mol. The smallest absolute Gasteiger partial charge is 0.335 e. The Labute approximate surface area is 203 Å². The molecule has 0 unspecified atom stereocenters. The average molecular weight is 486 g/mol. The lowest BCUT2D eigenvalue weighted by Gasteiger charge is -2.16. The van der Waals surface area contributed by atoms with Gasteiger partial charge in [-0.2, -0.15) is 0 Å². The summed E-state index contributed by atoms with van der Waals surface area (Å²) in [6.07, 6.45) is 0. The zero-order valence-electron chi connectivity index (χ0n) is 18.3. The van der Waals surface area contributed by atoms with Crippen molar-refractivity contribution in [1.82, 2.24) is 15.4 Å². The molecule has 0 atom stereocenters. The minimum atomic E-state index is -1.06. The fraction of sp³-hybridized carbons (Fsp3) is 0. The molecule has 0 aliphatic rings. The van der Waals surface area contributed by atoms with Crippen molar-refractivity contribution in [3.8, 4) is 0 Å². The number of carbonyl (C=O) groups is 3. The summed E-state index contributed by atoms with van der Waals surface area (Å²) in [5.41, 5.74) is 2.28. The number of benzene rings is 3. The van der Waals surface area contributed by atoms with Gasteiger partial charge in [0, 0.05) is 17.1 Å². The fourth-order valence-electron chi connectivity index (χ4n) is 3.12. The van der Waals surface area contributed by atoms with E-state index in [0.29, 0.717) is 22.7 Å². The van der Waals surface area contributed by atoms with Crippen molar-refractivity contribution in [2.75, 3.05) is 16.0 Å². The lowest BCUT2D eigenvalue weighted by atomic mass is 10.2. The average Bonchev–Trinajstić information content (AvgIpc) is 2.87. The molecule has 0 bridgehead atoms. The SMILES string of the molecule is O=C(O)c1ccc(Nc2nnnc(Nc3ccc(C(=O)O)cc3)c2Nc2ccc(C(=O)O)cc2)cc1. The van der Waals surface area contributed by atoms with Gasteiger partial charge in [0.15, 0.2) is 11.6 Å². The minimum Gasteiger partial charge on any atom is -0.478 e. The van der Waals surface area contributed by atoms with E-state index >= 15 is 0 Å². The van der Waals surface area contributed by atoms with Crippen LogP contribution in [0.15, 0.2) is 72.8 Å². The zero-order chi connectivity index (χ0) is 25.7. The maximum absolute atomic E-state index is 11.2. The molecule has 0 amide bonds. The van der Waals surface area contributed by atoms with Crippen molar-refractivity contribution in [2.45, 2.75) is 0 Å². The van der Waals surface area contributed by atoms with Crippen molar-refractivity contribution in [3.63, 3.8) is 0 Å². The molecule has 180 valence electrons. The number of nitrogens with zero attached hydrogens (tertiary/aromatic N) is 3. The Morgan fingerprint density at radius 1 is 0.500 bits per heavy atom. The van der Waals surface area contributed by atoms with Gasteiger partial charge in [-0.3, -0.25) is 0 Å². The maximum Gasteiger partial charge on any atom is 0.335 e. The van der Waals surface area contributed by atoms with E-state index in [1.165, 1.54) is 36.4 Å². The third-order valence-electron chi connectivity index (χ3n) is 4.95. The van der Waals surface area contributed by atoms with E-state index in [4.69, 9.17) is 15.3 Å². The molecular formula is C24H18N6O6. The number of hydrogen-bond acceptors (Lipinski definition) is 9. The first kappa shape index (κ1) is 23.6. The molecule has 3 aromatic carbocycles. The van der Waals surface area contributed by atoms with Crippen LogP contribution in [0, 0.1) is 0 Å². The number of carboxylic acid groups (broad SMARTS) is 3. The number of aromatic carboxylic acids is 3. The molecule has 0 saturated heterocycles. The van der Waals surface area contributed by atoms with Crippen molar-refractivity contribution in [2.24, 2.45) is 0 Å². The summed E-state index contributed by atoms with van der Waals surface area (Å²) in [7, 11) is 0. The lowest BCUT2D eigenvalue weighted by Crippen LogP contribution is -2.08. The quantitative estimate of drug-likeness (QED) is 0.198. The van der Waals surface area contributed by atoms with Crippen molar-refractivity contribution in [1.29, 1.82) is 0 Å². The van der Waals surface area contributed by atoms with Crippen LogP contribution in [0.4, 0.5) is 34.4 Å². The monoisotopic (exact) mass is 486 g/mol. The molecule has 0 saturated carbocycles. The largest absolute Gasteiger partial charge is 0.478 e. The Morgan fingerprint density at radius 2 is 0.806 bits per heavy atom. The molecule has 0 aliphatic heterocycles. The molecule has 0 aliphatic carbocycles. The van der Waals surface area contributed by atoms with E-state index in [0.717, 1.165) is 0 Å². The number of carboxylic acids is 3. The number of rotatable bonds is 9. The summed E-state index contributed by atoms with van der Waals surface area (Å²) in [4.78, 5) is 33.4. The first-order valence-electron chi connectivity index (χ1n) is 10.3. The van der Waals surface area contributed by atoms with Gasteiger partial charge in [-0.05, 0) is 78.0 Å². The van der Waals surface area contributed by atoms with Crippen LogP contribution in [-0.2, 0) is 0 Å². The number of aromatic nitrogens is 3. The highest BCUT2D eigenvalue weighted by molar-refractivity contribution is 5.91. The van der Waals surface area contributed by atoms with E-state index in [1.807, 2.05) is 0 Å². The van der Waals surface area contributed by atoms with Crippen LogP contribution in [0.1, 0.15) is 31.1 Å². The van der Waals surface area contributed by atoms with Crippen LogP contribution in [-0.4, -0.2) is 48.6 Å². The predicted octanol–water partition coefficient (Wildman–Crippen LogP) is 4.20. The van der Waals surface area contributed by atoms with Gasteiger partial charge in [0.05, 0.1) is 16.7 Å². The van der Waals surface area contributed by atoms with E-state index in [1.54, 1.807) is 36.4 Å². The molecule has 12 heteroatoms. The summed E-state index contributed by atoms with van der Waals surface area (Å²) in [6, 6.07) is 18.0. The van der Waals surface area contributed by atoms with Crippen LogP contribution in [0.5, 0.6) is 0 Å². The molecule has 0 fully saturated rings. The second kappa shape index (κ2) is 10.2. The molecule has 4 rings (SSSR count). The summed E-state index contributed by atoms with van der Waals surface area (Å²) < 4.78 is 0. The molecule has 36 heavy (non-hydrogen) atoms. The first-order chi connectivity index (χ1) is 17.3. The second-order valence-corrected chi connectivity index (χ2v) is 7.38. The summed E-state index contributed by atoms with van der Waals surface area (Å²) >= 11 is 0. The molecule has 6 N–H and O–H groups in total. The molecule has 12 nitrogen and oxygen atoms in total. The third kappa shape index (κ3) is 5.51. The number of nitrogens with one attached hydrogen (secondary N) is 3. The van der Waals surface area contributed by atoms with Gasteiger partial charge in [-0.15, -0.1) is 10.2 Å². The predicted molar refractivity (Wildman–Crippen MR) is 130 cm³/mol. The van der Waals surface area contributed by atoms with Crippen LogP contribution < -0.4 is 16.0 Å². The summed E-state index contributed by atoms with van der Waals surface area (Å²) in [5.74, 6) is -2.70. The molecule has 4 aromatic rings. The van der Waals surface area contributed by atoms with E-state index in [2.05, 4.69) is 31.4 Å². The highest BCUT2D eigenvalue weighted by Crippen LogP contribution is 2.33. The van der Waals surface area contributed by atoms with Gasteiger partial charge in [-0.25, -0.2) is 14.4 Å². The summed E-state index contributed by atoms with van der Waals surface area (Å²) in [5, 5.41) is 48.5. The van der Waals surface area contributed by atoms with Crippen molar-refractivity contribution in [3.05, 3.63) is 89.5 Å². The minimum absolute atomic E-state index is 0.111. The van der Waals surface area contributed by atoms with Crippen molar-refractivity contribution < 1.29 is 29.7 Å². The molecule has 1 heterocycles. The standard InChI is InChI=1S/C24H18N6O6/c31-22(32)13-1-7-16(8-2-13)25-19-20(26-17-9-3-14(4-10-17)23(33)34)28-30-29-21(19)27-18-11-5-15(6-12-18)24(35)36/h1-12H,(H,25,30)(H,31,32)(H,33,34)(H,35,36)(H2,26,27,28,29). The van der Waals surface area contributed by atoms with Crippen LogP contribution in [0.2, 0.25) is 0 Å². The maximum atomic E-state index is 11.2. The third-order valence-corrected chi connectivity index (χ3v) is 4.95. The Balaban J connectivity index is 1.69. The zero-order valence-corrected chi connectivity index (χ0v) is 18.3. The van der Waals surface area contributed by atoms with Gasteiger partial charge in [0.25, 0.3) is 0 Å². The first-order valence-corrected chi connectivity index (χ1v) is 10.3. The Bertz CT molecular complexity index is 1350. The molecule has 1 aromatic heterocycles. The second-order valence-electron chi connectivity index (χ2n) is 7.38. The number of hydrogen-bond donors (Lipinski definition) is 6. The number of anilines is 6. The van der Waals surface area contributed by atoms with Gasteiger partial charge < -0.3 is 31.3 Å². The van der Waals surface area contributed by atoms with Crippen LogP contribution >= 0.6 is 0 Å². The van der Waals surface area contributed by atoms with E-state index in [9.17, 15) is 14.4 Å². The Kier molecular flexibility index (Phi) is 6.68. The van der Waals surface area contributed by atoms with Crippen LogP contribution in [0.25, 0.3) is 0 Å². The van der Waals surface area contributed by atoms with E-state index < -0.39 is 17.9 Å². The molecule has 0 radical (unpaired) electrons. The van der Waals surface area contributed by atoms with Crippen LogP contribution in [0.3, 0.4) is 0 Å². The normalized spacial score (nSPS) is 10.3. The van der Waals surface area contributed by atoms with Crippen molar-refractivity contribution >= 4 is 52.3 Å². The fourth-order valence-corrected chi connectivity index (χ4v) is 3.12. The van der Waals surface area contributed by atoms with E-state index in [-0.39, 0.29) is 28.3 Å². The Hall–Kier alpha value is -5.52. The summed E-state index contributed by atoms with van der Waals surface area (Å²) in [6.45, 7) is 0. The topological polar surface area (TPSA) is 187 Å². The van der Waals surface area contributed by atoms with Gasteiger partial charge in [0.2, 0.25) is 0 Å². The Morgan fingerprint density at radius 3 is 1.11 bits per heavy atom. The highest BCUT2D eigenvalue weighted by atomic mass is 16.4. The lowest BCUT2D eigenvalue weighted by molar-refractivity contribution is 0.0686. The van der Waals surface area contributed by atoms with Gasteiger partial charge in [0.1, 0.15) is 5.69 Å². The van der Waals surface area contributed by atoms with Gasteiger partial charge >= 0.3 is 17.9 Å². The molecule has 0 spiro atoms. The highest BCUT2D eigenvalue weighted by Gasteiger charge is 2.15.